The standard InChI is InChI=1S/C76H130N4O8/c1-7-13-19-25-31-37-43-49-55-81-67-61-65(62-68(82-56-50-44-38-32-26-20-14-8-2)71(67)85-59-53-47-41-35-29-23-17-11-5)73-77-79-75(87-73)76-80-78-74(88-76)66-63-69(83-57-51-45-39-33-27-21-15-9-3)72(86-60-54-48-42-36-30-24-18-12-6)70(64-66)84-58-52-46-40-34-28-22-16-10-4/h61-64H,7-60H2,1-6H3. The first-order chi connectivity index (χ1) is 43.6. The monoisotopic (exact) mass is 1230 g/mol. The molecule has 0 N–H and O–H groups in total. The first-order valence-corrected chi connectivity index (χ1v) is 37.4. The molecule has 2 heterocycles. The highest BCUT2D eigenvalue weighted by atomic mass is 16.5. The van der Waals surface area contributed by atoms with E-state index in [4.69, 9.17) is 37.3 Å². The van der Waals surface area contributed by atoms with Crippen LogP contribution in [-0.2, 0) is 0 Å². The summed E-state index contributed by atoms with van der Waals surface area (Å²) < 4.78 is 53.0. The molecule has 0 aliphatic carbocycles. The predicted molar refractivity (Wildman–Crippen MR) is 367 cm³/mol. The van der Waals surface area contributed by atoms with Crippen molar-refractivity contribution >= 4 is 0 Å². The number of unbranched alkanes of at least 4 members (excludes halogenated alkanes) is 42. The summed E-state index contributed by atoms with van der Waals surface area (Å²) >= 11 is 0. The van der Waals surface area contributed by atoms with E-state index in [0.717, 1.165) is 77.0 Å². The molecule has 0 bridgehead atoms. The average Bonchev–Trinajstić information content (AvgIpc) is 3.57. The molecule has 2 aromatic carbocycles. The number of aromatic nitrogens is 4. The zero-order valence-electron chi connectivity index (χ0n) is 57.5. The molecule has 0 radical (unpaired) electrons. The number of ether oxygens (including phenoxy) is 6. The fourth-order valence-corrected chi connectivity index (χ4v) is 11.5. The van der Waals surface area contributed by atoms with Crippen LogP contribution in [0.1, 0.15) is 350 Å². The average molecular weight is 1230 g/mol. The molecule has 12 nitrogen and oxygen atoms in total. The van der Waals surface area contributed by atoms with Gasteiger partial charge in [0.05, 0.1) is 39.6 Å². The van der Waals surface area contributed by atoms with E-state index in [0.29, 0.717) is 97.0 Å². The predicted octanol–water partition coefficient (Wildman–Crippen LogP) is 24.6. The van der Waals surface area contributed by atoms with Gasteiger partial charge in [-0.3, -0.25) is 0 Å². The van der Waals surface area contributed by atoms with Crippen molar-refractivity contribution in [3.63, 3.8) is 0 Å². The topological polar surface area (TPSA) is 133 Å². The van der Waals surface area contributed by atoms with Crippen molar-refractivity contribution in [2.45, 2.75) is 350 Å². The van der Waals surface area contributed by atoms with Crippen LogP contribution >= 0.6 is 0 Å². The van der Waals surface area contributed by atoms with Gasteiger partial charge in [-0.15, -0.1) is 20.4 Å². The van der Waals surface area contributed by atoms with E-state index in [-0.39, 0.29) is 11.8 Å². The molecule has 0 unspecified atom stereocenters. The summed E-state index contributed by atoms with van der Waals surface area (Å²) in [5.41, 5.74) is 1.35. The zero-order valence-corrected chi connectivity index (χ0v) is 57.5. The quantitative estimate of drug-likeness (QED) is 0.0390. The first kappa shape index (κ1) is 76.0. The van der Waals surface area contributed by atoms with E-state index in [9.17, 15) is 0 Å². The molecule has 0 fully saturated rings. The van der Waals surface area contributed by atoms with Gasteiger partial charge in [-0.2, -0.15) is 0 Å². The zero-order chi connectivity index (χ0) is 62.4. The van der Waals surface area contributed by atoms with Gasteiger partial charge in [0, 0.05) is 11.1 Å². The summed E-state index contributed by atoms with van der Waals surface area (Å²) in [7, 11) is 0. The summed E-state index contributed by atoms with van der Waals surface area (Å²) in [6, 6.07) is 7.87. The molecule has 502 valence electrons. The maximum absolute atomic E-state index is 6.69. The molecular formula is C76H130N4O8. The van der Waals surface area contributed by atoms with E-state index in [1.165, 1.54) is 231 Å². The summed E-state index contributed by atoms with van der Waals surface area (Å²) in [5.74, 6) is 4.68. The van der Waals surface area contributed by atoms with Crippen LogP contribution in [0.2, 0.25) is 0 Å². The lowest BCUT2D eigenvalue weighted by Crippen LogP contribution is -2.07. The van der Waals surface area contributed by atoms with Gasteiger partial charge in [-0.05, 0) is 62.8 Å². The third-order valence-electron chi connectivity index (χ3n) is 17.1. The second-order valence-electron chi connectivity index (χ2n) is 25.4. The summed E-state index contributed by atoms with van der Waals surface area (Å²) in [6.07, 6.45) is 58.8. The minimum absolute atomic E-state index is 0.120. The number of rotatable bonds is 63. The normalized spacial score (nSPS) is 11.5. The van der Waals surface area contributed by atoms with E-state index in [1.807, 2.05) is 24.3 Å². The number of benzene rings is 2. The van der Waals surface area contributed by atoms with Gasteiger partial charge in [0.25, 0.3) is 0 Å². The Kier molecular flexibility index (Phi) is 45.9. The van der Waals surface area contributed by atoms with E-state index in [2.05, 4.69) is 61.9 Å². The highest BCUT2D eigenvalue weighted by Crippen LogP contribution is 2.44. The Morgan fingerprint density at radius 2 is 0.386 bits per heavy atom. The lowest BCUT2D eigenvalue weighted by molar-refractivity contribution is 0.234. The van der Waals surface area contributed by atoms with Crippen LogP contribution in [0.3, 0.4) is 0 Å². The van der Waals surface area contributed by atoms with Crippen LogP contribution in [-0.4, -0.2) is 60.0 Å². The molecule has 0 atom stereocenters. The van der Waals surface area contributed by atoms with Gasteiger partial charge in [-0.1, -0.05) is 311 Å². The Bertz CT molecular complexity index is 1990. The van der Waals surface area contributed by atoms with Crippen molar-refractivity contribution in [1.82, 2.24) is 20.4 Å². The Morgan fingerprint density at radius 3 is 0.591 bits per heavy atom. The Morgan fingerprint density at radius 1 is 0.216 bits per heavy atom. The van der Waals surface area contributed by atoms with Crippen LogP contribution in [0.25, 0.3) is 34.7 Å². The third kappa shape index (κ3) is 34.6. The molecule has 0 spiro atoms. The van der Waals surface area contributed by atoms with Crippen molar-refractivity contribution in [1.29, 1.82) is 0 Å². The molecular weight excluding hydrogens is 1100 g/mol. The van der Waals surface area contributed by atoms with Crippen molar-refractivity contribution < 1.29 is 37.3 Å². The van der Waals surface area contributed by atoms with Crippen LogP contribution < -0.4 is 28.4 Å². The van der Waals surface area contributed by atoms with Gasteiger partial charge >= 0.3 is 11.8 Å². The molecule has 4 aromatic rings. The molecule has 88 heavy (non-hydrogen) atoms. The smallest absolute Gasteiger partial charge is 0.306 e. The summed E-state index contributed by atoms with van der Waals surface area (Å²) in [5, 5.41) is 18.2. The molecule has 2 aromatic heterocycles. The Hall–Kier alpha value is -4.48. The van der Waals surface area contributed by atoms with Crippen molar-refractivity contribution in [2.24, 2.45) is 0 Å². The highest BCUT2D eigenvalue weighted by molar-refractivity contribution is 5.68. The van der Waals surface area contributed by atoms with Gasteiger partial charge < -0.3 is 37.3 Å². The number of hydrogen-bond acceptors (Lipinski definition) is 12. The molecule has 0 saturated carbocycles. The molecule has 0 aliphatic heterocycles. The van der Waals surface area contributed by atoms with Crippen LogP contribution in [0.4, 0.5) is 0 Å². The van der Waals surface area contributed by atoms with E-state index in [1.54, 1.807) is 0 Å². The lowest BCUT2D eigenvalue weighted by atomic mass is 10.1. The second-order valence-corrected chi connectivity index (χ2v) is 25.4. The minimum atomic E-state index is 0.120. The van der Waals surface area contributed by atoms with Gasteiger partial charge in [0.2, 0.25) is 23.3 Å². The molecule has 12 heteroatoms. The molecule has 4 rings (SSSR count). The highest BCUT2D eigenvalue weighted by Gasteiger charge is 2.25. The lowest BCUT2D eigenvalue weighted by Gasteiger charge is -2.18. The summed E-state index contributed by atoms with van der Waals surface area (Å²) in [4.78, 5) is 0. The minimum Gasteiger partial charge on any atom is -0.490 e. The van der Waals surface area contributed by atoms with E-state index >= 15 is 0 Å². The second kappa shape index (κ2) is 53.2. The molecule has 0 amide bonds. The van der Waals surface area contributed by atoms with Crippen LogP contribution in [0.15, 0.2) is 33.1 Å². The largest absolute Gasteiger partial charge is 0.490 e. The summed E-state index contributed by atoms with van der Waals surface area (Å²) in [6.45, 7) is 17.1. The van der Waals surface area contributed by atoms with Gasteiger partial charge in [-0.25, -0.2) is 0 Å². The Balaban J connectivity index is 1.63. The fraction of sp³-hybridized carbons (Fsp3) is 0.789. The Labute approximate surface area is 538 Å². The number of hydrogen-bond donors (Lipinski definition) is 0. The SMILES string of the molecule is CCCCCCCCCCOc1cc(-c2nnc(-c3nnc(-c4cc(OCCCCCCCCCC)c(OCCCCCCCCCC)c(OCCCCCCCCCC)c4)o3)o2)cc(OCCCCCCCCCC)c1OCCCCCCCCCC. The fourth-order valence-electron chi connectivity index (χ4n) is 11.5. The maximum Gasteiger partial charge on any atom is 0.306 e. The van der Waals surface area contributed by atoms with Crippen molar-refractivity contribution in [2.75, 3.05) is 39.6 Å². The van der Waals surface area contributed by atoms with Crippen LogP contribution in [0.5, 0.6) is 34.5 Å². The van der Waals surface area contributed by atoms with Crippen LogP contribution in [0, 0.1) is 0 Å². The molecule has 0 aliphatic rings. The van der Waals surface area contributed by atoms with Crippen molar-refractivity contribution in [3.05, 3.63) is 24.3 Å². The molecule has 0 saturated heterocycles. The first-order valence-electron chi connectivity index (χ1n) is 37.4. The number of nitrogens with zero attached hydrogens (tertiary/aromatic N) is 4. The van der Waals surface area contributed by atoms with Gasteiger partial charge in [0.1, 0.15) is 0 Å². The van der Waals surface area contributed by atoms with Gasteiger partial charge in [0.15, 0.2) is 23.0 Å². The maximum atomic E-state index is 6.69. The van der Waals surface area contributed by atoms with E-state index < -0.39 is 0 Å². The van der Waals surface area contributed by atoms with Crippen molar-refractivity contribution in [3.8, 4) is 69.2 Å². The third-order valence-corrected chi connectivity index (χ3v) is 17.1.